The van der Waals surface area contributed by atoms with E-state index >= 15 is 0 Å². The van der Waals surface area contributed by atoms with Gasteiger partial charge in [0.1, 0.15) is 5.82 Å². The van der Waals surface area contributed by atoms with Crippen LogP contribution < -0.4 is 5.32 Å². The minimum absolute atomic E-state index is 0.182. The molecule has 0 aliphatic rings. The van der Waals surface area contributed by atoms with Gasteiger partial charge in [-0.15, -0.1) is 0 Å². The zero-order valence-electron chi connectivity index (χ0n) is 12.1. The van der Waals surface area contributed by atoms with Gasteiger partial charge in [-0.25, -0.2) is 4.39 Å². The molecule has 0 aromatic heterocycles. The number of hydrogen-bond acceptors (Lipinski definition) is 2. The summed E-state index contributed by atoms with van der Waals surface area (Å²) in [6, 6.07) is 7.36. The molecule has 0 amide bonds. The summed E-state index contributed by atoms with van der Waals surface area (Å²) < 4.78 is 18.9. The van der Waals surface area contributed by atoms with Crippen molar-refractivity contribution in [1.29, 1.82) is 0 Å². The van der Waals surface area contributed by atoms with Crippen molar-refractivity contribution in [3.05, 3.63) is 35.6 Å². The van der Waals surface area contributed by atoms with E-state index in [2.05, 4.69) is 19.2 Å². The van der Waals surface area contributed by atoms with Gasteiger partial charge in [0.05, 0.1) is 6.61 Å². The maximum Gasteiger partial charge on any atom is 0.128 e. The van der Waals surface area contributed by atoms with Crippen LogP contribution in [-0.2, 0) is 11.3 Å². The zero-order chi connectivity index (χ0) is 13.9. The highest BCUT2D eigenvalue weighted by Gasteiger charge is 2.05. The fourth-order valence-electron chi connectivity index (χ4n) is 2.03. The van der Waals surface area contributed by atoms with Gasteiger partial charge in [0.2, 0.25) is 0 Å². The summed E-state index contributed by atoms with van der Waals surface area (Å²) in [6.45, 7) is 6.52. The van der Waals surface area contributed by atoms with Crippen molar-refractivity contribution >= 4 is 0 Å². The molecule has 1 N–H and O–H groups in total. The molecular weight excluding hydrogens is 241 g/mol. The van der Waals surface area contributed by atoms with Gasteiger partial charge in [0.25, 0.3) is 0 Å². The normalized spacial score (nSPS) is 12.6. The average molecular weight is 267 g/mol. The molecule has 0 fully saturated rings. The monoisotopic (exact) mass is 267 g/mol. The van der Waals surface area contributed by atoms with E-state index in [1.54, 1.807) is 12.1 Å². The van der Waals surface area contributed by atoms with E-state index in [1.165, 1.54) is 12.5 Å². The van der Waals surface area contributed by atoms with Crippen LogP contribution in [0.3, 0.4) is 0 Å². The Kier molecular flexibility index (Phi) is 8.43. The van der Waals surface area contributed by atoms with E-state index < -0.39 is 0 Å². The predicted octanol–water partition coefficient (Wildman–Crippen LogP) is 3.90. The van der Waals surface area contributed by atoms with Crippen molar-refractivity contribution in [2.45, 2.75) is 52.2 Å². The molecule has 19 heavy (non-hydrogen) atoms. The number of rotatable bonds is 10. The summed E-state index contributed by atoms with van der Waals surface area (Å²) in [5, 5.41) is 3.52. The van der Waals surface area contributed by atoms with Crippen molar-refractivity contribution in [3.8, 4) is 0 Å². The van der Waals surface area contributed by atoms with Crippen molar-refractivity contribution in [3.63, 3.8) is 0 Å². The molecule has 1 atom stereocenters. The fourth-order valence-corrected chi connectivity index (χ4v) is 2.03. The Balaban J connectivity index is 2.12. The third-order valence-electron chi connectivity index (χ3n) is 3.23. The van der Waals surface area contributed by atoms with Gasteiger partial charge in [-0.05, 0) is 38.3 Å². The highest BCUT2D eigenvalue weighted by molar-refractivity contribution is 5.16. The highest BCUT2D eigenvalue weighted by Crippen LogP contribution is 2.08. The lowest BCUT2D eigenvalue weighted by Gasteiger charge is -2.16. The minimum atomic E-state index is -0.182. The smallest absolute Gasteiger partial charge is 0.128 e. The standard InChI is InChI=1S/C16H26FNO/c1-3-11-18-15(4-2)9-7-12-19-13-14-8-5-6-10-16(14)17/h5-6,8,10,15,18H,3-4,7,9,11-13H2,1-2H3. The SMILES string of the molecule is CCCNC(CC)CCCOCc1ccccc1F. The van der Waals surface area contributed by atoms with Gasteiger partial charge in [-0.2, -0.15) is 0 Å². The van der Waals surface area contributed by atoms with Crippen LogP contribution >= 0.6 is 0 Å². The van der Waals surface area contributed by atoms with Crippen LogP contribution in [0, 0.1) is 5.82 Å². The number of benzene rings is 1. The Morgan fingerprint density at radius 1 is 1.26 bits per heavy atom. The van der Waals surface area contributed by atoms with E-state index in [-0.39, 0.29) is 5.82 Å². The van der Waals surface area contributed by atoms with Crippen LogP contribution in [0.2, 0.25) is 0 Å². The highest BCUT2D eigenvalue weighted by atomic mass is 19.1. The van der Waals surface area contributed by atoms with E-state index in [1.807, 2.05) is 6.07 Å². The van der Waals surface area contributed by atoms with Gasteiger partial charge >= 0.3 is 0 Å². The molecule has 0 aliphatic carbocycles. The quantitative estimate of drug-likeness (QED) is 0.649. The van der Waals surface area contributed by atoms with E-state index in [0.29, 0.717) is 24.8 Å². The lowest BCUT2D eigenvalue weighted by atomic mass is 10.1. The van der Waals surface area contributed by atoms with Gasteiger partial charge in [0, 0.05) is 18.2 Å². The molecule has 2 nitrogen and oxygen atoms in total. The molecule has 3 heteroatoms. The maximum atomic E-state index is 13.3. The van der Waals surface area contributed by atoms with Crippen LogP contribution in [0.25, 0.3) is 0 Å². The van der Waals surface area contributed by atoms with Crippen LogP contribution in [0.15, 0.2) is 24.3 Å². The third kappa shape index (κ3) is 6.69. The molecule has 0 radical (unpaired) electrons. The molecule has 108 valence electrons. The lowest BCUT2D eigenvalue weighted by Crippen LogP contribution is -2.29. The molecular formula is C16H26FNO. The molecule has 0 heterocycles. The number of ether oxygens (including phenoxy) is 1. The molecule has 1 aromatic carbocycles. The molecule has 0 bridgehead atoms. The summed E-state index contributed by atoms with van der Waals surface area (Å²) in [7, 11) is 0. The van der Waals surface area contributed by atoms with Crippen molar-refractivity contribution in [1.82, 2.24) is 5.32 Å². The fraction of sp³-hybridized carbons (Fsp3) is 0.625. The third-order valence-corrected chi connectivity index (χ3v) is 3.23. The maximum absolute atomic E-state index is 13.3. The zero-order valence-corrected chi connectivity index (χ0v) is 12.1. The second kappa shape index (κ2) is 9.93. The first-order chi connectivity index (χ1) is 9.27. The Labute approximate surface area is 116 Å². The van der Waals surface area contributed by atoms with Crippen LogP contribution in [-0.4, -0.2) is 19.2 Å². The second-order valence-electron chi connectivity index (χ2n) is 4.85. The first-order valence-electron chi connectivity index (χ1n) is 7.32. The number of hydrogen-bond donors (Lipinski definition) is 1. The molecule has 0 spiro atoms. The molecule has 0 saturated carbocycles. The Morgan fingerprint density at radius 3 is 2.74 bits per heavy atom. The molecule has 1 unspecified atom stereocenters. The van der Waals surface area contributed by atoms with Crippen LogP contribution in [0.4, 0.5) is 4.39 Å². The van der Waals surface area contributed by atoms with Crippen LogP contribution in [0.1, 0.15) is 45.1 Å². The first-order valence-corrected chi connectivity index (χ1v) is 7.32. The molecule has 1 rings (SSSR count). The van der Waals surface area contributed by atoms with E-state index in [4.69, 9.17) is 4.74 Å². The van der Waals surface area contributed by atoms with Crippen molar-refractivity contribution < 1.29 is 9.13 Å². The molecule has 0 aliphatic heterocycles. The summed E-state index contributed by atoms with van der Waals surface area (Å²) in [5.41, 5.74) is 0.638. The second-order valence-corrected chi connectivity index (χ2v) is 4.85. The Bertz CT molecular complexity index is 343. The average Bonchev–Trinajstić information content (AvgIpc) is 2.43. The largest absolute Gasteiger partial charge is 0.377 e. The van der Waals surface area contributed by atoms with Gasteiger partial charge in [0.15, 0.2) is 0 Å². The molecule has 0 saturated heterocycles. The summed E-state index contributed by atoms with van der Waals surface area (Å²) >= 11 is 0. The topological polar surface area (TPSA) is 21.3 Å². The van der Waals surface area contributed by atoms with E-state index in [0.717, 1.165) is 25.8 Å². The number of nitrogens with one attached hydrogen (secondary N) is 1. The van der Waals surface area contributed by atoms with Crippen molar-refractivity contribution in [2.75, 3.05) is 13.2 Å². The lowest BCUT2D eigenvalue weighted by molar-refractivity contribution is 0.112. The Hall–Kier alpha value is -0.930. The predicted molar refractivity (Wildman–Crippen MR) is 77.7 cm³/mol. The summed E-state index contributed by atoms with van der Waals surface area (Å²) in [5.74, 6) is -0.182. The first kappa shape index (κ1) is 16.1. The van der Waals surface area contributed by atoms with Crippen molar-refractivity contribution in [2.24, 2.45) is 0 Å². The minimum Gasteiger partial charge on any atom is -0.377 e. The van der Waals surface area contributed by atoms with Gasteiger partial charge < -0.3 is 10.1 Å². The Morgan fingerprint density at radius 2 is 2.05 bits per heavy atom. The summed E-state index contributed by atoms with van der Waals surface area (Å²) in [6.07, 6.45) is 4.45. The number of halogens is 1. The molecule has 1 aromatic rings. The van der Waals surface area contributed by atoms with Gasteiger partial charge in [-0.1, -0.05) is 32.0 Å². The van der Waals surface area contributed by atoms with E-state index in [9.17, 15) is 4.39 Å². The van der Waals surface area contributed by atoms with Gasteiger partial charge in [-0.3, -0.25) is 0 Å². The summed E-state index contributed by atoms with van der Waals surface area (Å²) in [4.78, 5) is 0. The van der Waals surface area contributed by atoms with Crippen LogP contribution in [0.5, 0.6) is 0 Å².